The number of benzene rings is 1. The monoisotopic (exact) mass is 464 g/mol. The van der Waals surface area contributed by atoms with E-state index in [-0.39, 0.29) is 36.7 Å². The number of aromatic nitrogens is 1. The third-order valence-electron chi connectivity index (χ3n) is 5.46. The van der Waals surface area contributed by atoms with Crippen LogP contribution in [0.15, 0.2) is 35.8 Å². The Morgan fingerprint density at radius 3 is 2.61 bits per heavy atom. The number of amides is 2. The molecule has 2 fully saturated rings. The van der Waals surface area contributed by atoms with E-state index in [4.69, 9.17) is 4.74 Å². The third-order valence-corrected chi connectivity index (χ3v) is 8.49. The third kappa shape index (κ3) is 4.89. The number of sulfonamides is 1. The number of ether oxygens (including phenoxy) is 1. The minimum Gasteiger partial charge on any atom is -0.497 e. The summed E-state index contributed by atoms with van der Waals surface area (Å²) in [6.07, 6.45) is 3.17. The van der Waals surface area contributed by atoms with Crippen LogP contribution in [-0.2, 0) is 26.0 Å². The summed E-state index contributed by atoms with van der Waals surface area (Å²) in [5, 5.41) is 4.61. The van der Waals surface area contributed by atoms with Gasteiger partial charge in [0.15, 0.2) is 5.13 Å². The normalized spacial score (nSPS) is 18.6. The van der Waals surface area contributed by atoms with Gasteiger partial charge in [0.2, 0.25) is 21.8 Å². The maximum atomic E-state index is 13.1. The molecule has 2 aliphatic rings. The van der Waals surface area contributed by atoms with Gasteiger partial charge in [0, 0.05) is 31.1 Å². The molecule has 0 radical (unpaired) electrons. The number of anilines is 1. The highest BCUT2D eigenvalue weighted by atomic mass is 32.2. The van der Waals surface area contributed by atoms with E-state index in [0.29, 0.717) is 30.1 Å². The molecule has 2 aromatic rings. The van der Waals surface area contributed by atoms with Crippen molar-refractivity contribution in [2.45, 2.75) is 30.6 Å². The van der Waals surface area contributed by atoms with Gasteiger partial charge in [0.05, 0.1) is 18.9 Å². The van der Waals surface area contributed by atoms with E-state index in [2.05, 4.69) is 10.3 Å². The van der Waals surface area contributed by atoms with Crippen LogP contribution >= 0.6 is 11.3 Å². The zero-order valence-corrected chi connectivity index (χ0v) is 18.7. The van der Waals surface area contributed by atoms with Crippen molar-refractivity contribution in [1.29, 1.82) is 0 Å². The van der Waals surface area contributed by atoms with Gasteiger partial charge >= 0.3 is 0 Å². The van der Waals surface area contributed by atoms with Crippen molar-refractivity contribution in [3.63, 3.8) is 0 Å². The van der Waals surface area contributed by atoms with Gasteiger partial charge in [-0.15, -0.1) is 11.3 Å². The predicted octanol–water partition coefficient (Wildman–Crippen LogP) is 1.34. The molecule has 1 saturated carbocycles. The fourth-order valence-corrected chi connectivity index (χ4v) is 5.90. The summed E-state index contributed by atoms with van der Waals surface area (Å²) in [5.41, 5.74) is 0.862. The predicted molar refractivity (Wildman–Crippen MR) is 116 cm³/mol. The lowest BCUT2D eigenvalue weighted by Crippen LogP contribution is -2.58. The van der Waals surface area contributed by atoms with Gasteiger partial charge in [-0.25, -0.2) is 13.4 Å². The molecule has 1 aliphatic heterocycles. The lowest BCUT2D eigenvalue weighted by Gasteiger charge is -2.38. The van der Waals surface area contributed by atoms with Crippen LogP contribution in [-0.4, -0.2) is 72.5 Å². The summed E-state index contributed by atoms with van der Waals surface area (Å²) in [6.45, 7) is 0.119. The zero-order valence-electron chi connectivity index (χ0n) is 17.1. The van der Waals surface area contributed by atoms with E-state index < -0.39 is 16.1 Å². The van der Waals surface area contributed by atoms with Crippen LogP contribution in [0.3, 0.4) is 0 Å². The summed E-state index contributed by atoms with van der Waals surface area (Å²) in [7, 11) is -1.86. The molecule has 1 saturated heterocycles. The van der Waals surface area contributed by atoms with Gasteiger partial charge in [-0.2, -0.15) is 4.31 Å². The molecule has 1 N–H and O–H groups in total. The van der Waals surface area contributed by atoms with Crippen LogP contribution in [0.5, 0.6) is 5.75 Å². The summed E-state index contributed by atoms with van der Waals surface area (Å²) < 4.78 is 31.5. The van der Waals surface area contributed by atoms with Crippen molar-refractivity contribution in [1.82, 2.24) is 14.2 Å². The standard InChI is InChI=1S/C20H24N4O5S2/c1-29-15-4-2-14(3-5-15)12-17(19(26)22-20-21-8-11-30-20)24-10-9-23(13-18(24)25)31(27,28)16-6-7-16/h2-5,8,11,16-17H,6-7,9-10,12-13H2,1H3,(H,21,22,26)/t17-/m0/s1. The van der Waals surface area contributed by atoms with Crippen LogP contribution < -0.4 is 10.1 Å². The number of rotatable bonds is 8. The highest BCUT2D eigenvalue weighted by Crippen LogP contribution is 2.32. The average molecular weight is 465 g/mol. The van der Waals surface area contributed by atoms with E-state index in [0.717, 1.165) is 5.56 Å². The number of nitrogens with zero attached hydrogens (tertiary/aromatic N) is 3. The second-order valence-corrected chi connectivity index (χ2v) is 10.7. The van der Waals surface area contributed by atoms with Gasteiger partial charge in [-0.3, -0.25) is 9.59 Å². The highest BCUT2D eigenvalue weighted by molar-refractivity contribution is 7.90. The Balaban J connectivity index is 1.52. The van der Waals surface area contributed by atoms with Crippen molar-refractivity contribution >= 4 is 38.3 Å². The van der Waals surface area contributed by atoms with Gasteiger partial charge in [0.1, 0.15) is 11.8 Å². The number of thiazole rings is 1. The Hall–Kier alpha value is -2.50. The highest BCUT2D eigenvalue weighted by Gasteiger charge is 2.44. The molecule has 1 aliphatic carbocycles. The number of nitrogens with one attached hydrogen (secondary N) is 1. The largest absolute Gasteiger partial charge is 0.497 e. The van der Waals surface area contributed by atoms with Gasteiger partial charge in [0.25, 0.3) is 0 Å². The topological polar surface area (TPSA) is 109 Å². The van der Waals surface area contributed by atoms with Gasteiger partial charge in [-0.1, -0.05) is 12.1 Å². The number of carbonyl (C=O) groups excluding carboxylic acids is 2. The minimum atomic E-state index is -3.44. The first-order chi connectivity index (χ1) is 14.9. The van der Waals surface area contributed by atoms with E-state index in [1.165, 1.54) is 20.5 Å². The summed E-state index contributed by atoms with van der Waals surface area (Å²) >= 11 is 1.29. The number of piperazine rings is 1. The SMILES string of the molecule is COc1ccc(C[C@@H](C(=O)Nc2nccs2)N2CCN(S(=O)(=O)C3CC3)CC2=O)cc1. The van der Waals surface area contributed by atoms with E-state index in [1.807, 2.05) is 12.1 Å². The van der Waals surface area contributed by atoms with Gasteiger partial charge < -0.3 is 15.0 Å². The maximum absolute atomic E-state index is 13.1. The first kappa shape index (κ1) is 21.7. The fourth-order valence-electron chi connectivity index (χ4n) is 3.59. The van der Waals surface area contributed by atoms with Crippen LogP contribution in [0.2, 0.25) is 0 Å². The number of hydrogen-bond donors (Lipinski definition) is 1. The van der Waals surface area contributed by atoms with Crippen LogP contribution in [0.1, 0.15) is 18.4 Å². The number of carbonyl (C=O) groups is 2. The molecule has 1 aromatic heterocycles. The second kappa shape index (κ2) is 8.93. The average Bonchev–Trinajstić information content (AvgIpc) is 3.51. The first-order valence-corrected chi connectivity index (χ1v) is 12.4. The Bertz CT molecular complexity index is 1040. The Kier molecular flexibility index (Phi) is 6.26. The molecule has 0 bridgehead atoms. The quantitative estimate of drug-likeness (QED) is 0.632. The molecule has 2 amide bonds. The number of methoxy groups -OCH3 is 1. The molecule has 4 rings (SSSR count). The Morgan fingerprint density at radius 1 is 1.29 bits per heavy atom. The molecule has 2 heterocycles. The van der Waals surface area contributed by atoms with Crippen molar-refractivity contribution in [2.24, 2.45) is 0 Å². The van der Waals surface area contributed by atoms with E-state index in [9.17, 15) is 18.0 Å². The molecular formula is C20H24N4O5S2. The molecule has 166 valence electrons. The van der Waals surface area contributed by atoms with Gasteiger partial charge in [-0.05, 0) is 30.5 Å². The lowest BCUT2D eigenvalue weighted by molar-refractivity contribution is -0.141. The molecule has 11 heteroatoms. The molecule has 0 unspecified atom stereocenters. The molecule has 0 spiro atoms. The van der Waals surface area contributed by atoms with Crippen LogP contribution in [0.4, 0.5) is 5.13 Å². The first-order valence-electron chi connectivity index (χ1n) is 10.00. The lowest BCUT2D eigenvalue weighted by atomic mass is 10.0. The van der Waals surface area contributed by atoms with E-state index in [1.54, 1.807) is 30.8 Å². The van der Waals surface area contributed by atoms with Crippen LogP contribution in [0, 0.1) is 0 Å². The summed E-state index contributed by atoms with van der Waals surface area (Å²) in [5.74, 6) is -0.0246. The van der Waals surface area contributed by atoms with Crippen molar-refractivity contribution in [2.75, 3.05) is 32.1 Å². The Morgan fingerprint density at radius 2 is 2.03 bits per heavy atom. The smallest absolute Gasteiger partial charge is 0.249 e. The zero-order chi connectivity index (χ0) is 22.0. The minimum absolute atomic E-state index is 0.164. The molecule has 1 aromatic carbocycles. The maximum Gasteiger partial charge on any atom is 0.249 e. The van der Waals surface area contributed by atoms with Crippen LogP contribution in [0.25, 0.3) is 0 Å². The fraction of sp³-hybridized carbons (Fsp3) is 0.450. The summed E-state index contributed by atoms with van der Waals surface area (Å²) in [6, 6.07) is 6.51. The van der Waals surface area contributed by atoms with E-state index >= 15 is 0 Å². The molecule has 9 nitrogen and oxygen atoms in total. The second-order valence-electron chi connectivity index (χ2n) is 7.56. The molecule has 31 heavy (non-hydrogen) atoms. The summed E-state index contributed by atoms with van der Waals surface area (Å²) in [4.78, 5) is 31.6. The van der Waals surface area contributed by atoms with Crippen molar-refractivity contribution < 1.29 is 22.7 Å². The molecule has 1 atom stereocenters. The Labute approximate surface area is 185 Å². The van der Waals surface area contributed by atoms with Crippen molar-refractivity contribution in [3.05, 3.63) is 41.4 Å². The number of hydrogen-bond acceptors (Lipinski definition) is 7. The molecular weight excluding hydrogens is 440 g/mol. The van der Waals surface area contributed by atoms with Crippen molar-refractivity contribution in [3.8, 4) is 5.75 Å².